The number of aromatic nitrogens is 3. The Hall–Kier alpha value is -2.24. The minimum atomic E-state index is -0.252. The largest absolute Gasteiger partial charge is 0.342 e. The van der Waals surface area contributed by atoms with E-state index < -0.39 is 0 Å². The first-order chi connectivity index (χ1) is 12.6. The van der Waals surface area contributed by atoms with Crippen molar-refractivity contribution in [3.8, 4) is 11.5 Å². The van der Waals surface area contributed by atoms with Gasteiger partial charge in [-0.15, -0.1) is 0 Å². The van der Waals surface area contributed by atoms with Gasteiger partial charge in [0.05, 0.1) is 0 Å². The lowest BCUT2D eigenvalue weighted by molar-refractivity contribution is -0.134. The summed E-state index contributed by atoms with van der Waals surface area (Å²) in [7, 11) is 0. The highest BCUT2D eigenvalue weighted by molar-refractivity contribution is 5.76. The van der Waals surface area contributed by atoms with Crippen molar-refractivity contribution >= 4 is 5.91 Å². The van der Waals surface area contributed by atoms with Crippen LogP contribution in [0.3, 0.4) is 0 Å². The summed E-state index contributed by atoms with van der Waals surface area (Å²) in [6.07, 6.45) is 11.0. The number of pyridine rings is 1. The summed E-state index contributed by atoms with van der Waals surface area (Å²) in [4.78, 5) is 23.4. The molecule has 2 aliphatic rings. The third-order valence-electron chi connectivity index (χ3n) is 5.88. The lowest BCUT2D eigenvalue weighted by Gasteiger charge is -2.38. The number of hydrogen-bond acceptors (Lipinski definition) is 5. The van der Waals surface area contributed by atoms with Crippen molar-refractivity contribution in [2.45, 2.75) is 57.3 Å². The van der Waals surface area contributed by atoms with E-state index in [1.807, 2.05) is 17.0 Å². The van der Waals surface area contributed by atoms with E-state index in [0.717, 1.165) is 24.9 Å². The van der Waals surface area contributed by atoms with Crippen LogP contribution in [0.15, 0.2) is 29.0 Å². The first-order valence-corrected chi connectivity index (χ1v) is 9.66. The van der Waals surface area contributed by atoms with Crippen molar-refractivity contribution < 1.29 is 9.32 Å². The van der Waals surface area contributed by atoms with Gasteiger partial charge in [-0.2, -0.15) is 4.98 Å². The molecule has 1 saturated heterocycles. The average Bonchev–Trinajstić information content (AvgIpc) is 3.35. The van der Waals surface area contributed by atoms with Crippen LogP contribution >= 0.6 is 0 Å². The Morgan fingerprint density at radius 3 is 2.81 bits per heavy atom. The minimum absolute atomic E-state index is 0.252. The van der Waals surface area contributed by atoms with E-state index in [1.54, 1.807) is 12.4 Å². The topological polar surface area (TPSA) is 72.1 Å². The fraction of sp³-hybridized carbons (Fsp3) is 0.600. The molecule has 2 aromatic rings. The van der Waals surface area contributed by atoms with Gasteiger partial charge in [0.25, 0.3) is 5.89 Å². The van der Waals surface area contributed by atoms with Gasteiger partial charge < -0.3 is 9.42 Å². The first-order valence-electron chi connectivity index (χ1n) is 9.66. The normalized spacial score (nSPS) is 24.1. The predicted octanol–water partition coefficient (Wildman–Crippen LogP) is 3.59. The van der Waals surface area contributed by atoms with Gasteiger partial charge in [0, 0.05) is 42.9 Å². The van der Waals surface area contributed by atoms with Crippen LogP contribution in [0.4, 0.5) is 0 Å². The lowest BCUT2D eigenvalue weighted by Crippen LogP contribution is -2.47. The second kappa shape index (κ2) is 7.17. The molecule has 1 saturated carbocycles. The van der Waals surface area contributed by atoms with Crippen molar-refractivity contribution in [2.75, 3.05) is 13.1 Å². The molecular weight excluding hydrogens is 328 g/mol. The minimum Gasteiger partial charge on any atom is -0.342 e. The standard InChI is InChI=1S/C20H26N4O2/c1-20(19-22-18(26-23-19)16-7-10-21-11-8-16)9-4-12-24(14-20)17(25)13-15-5-2-3-6-15/h7-8,10-11,15H,2-6,9,12-14H2,1H3. The summed E-state index contributed by atoms with van der Waals surface area (Å²) in [5.41, 5.74) is 0.616. The van der Waals surface area contributed by atoms with Crippen molar-refractivity contribution in [1.29, 1.82) is 0 Å². The molecule has 0 aromatic carbocycles. The molecule has 0 radical (unpaired) electrons. The van der Waals surface area contributed by atoms with Gasteiger partial charge in [0.2, 0.25) is 5.91 Å². The number of hydrogen-bond donors (Lipinski definition) is 0. The Morgan fingerprint density at radius 2 is 2.04 bits per heavy atom. The summed E-state index contributed by atoms with van der Waals surface area (Å²) in [6.45, 7) is 3.66. The summed E-state index contributed by atoms with van der Waals surface area (Å²) >= 11 is 0. The second-order valence-electron chi connectivity index (χ2n) is 7.99. The molecule has 26 heavy (non-hydrogen) atoms. The lowest BCUT2D eigenvalue weighted by atomic mass is 9.81. The predicted molar refractivity (Wildman–Crippen MR) is 97.3 cm³/mol. The maximum Gasteiger partial charge on any atom is 0.258 e. The van der Waals surface area contributed by atoms with E-state index in [4.69, 9.17) is 4.52 Å². The molecule has 2 fully saturated rings. The van der Waals surface area contributed by atoms with Crippen LogP contribution in [-0.2, 0) is 10.2 Å². The number of rotatable bonds is 4. The van der Waals surface area contributed by atoms with Gasteiger partial charge in [-0.25, -0.2) is 0 Å². The number of likely N-dealkylation sites (tertiary alicyclic amines) is 1. The van der Waals surface area contributed by atoms with Crippen LogP contribution in [0.25, 0.3) is 11.5 Å². The van der Waals surface area contributed by atoms with Gasteiger partial charge in [0.1, 0.15) is 0 Å². The molecular formula is C20H26N4O2. The SMILES string of the molecule is CC1(c2noc(-c3ccncc3)n2)CCCN(C(=O)CC2CCCC2)C1. The number of carbonyl (C=O) groups excluding carboxylic acids is 1. The number of piperidine rings is 1. The van der Waals surface area contributed by atoms with Crippen LogP contribution < -0.4 is 0 Å². The monoisotopic (exact) mass is 354 g/mol. The van der Waals surface area contributed by atoms with Crippen LogP contribution in [0.5, 0.6) is 0 Å². The molecule has 0 N–H and O–H groups in total. The van der Waals surface area contributed by atoms with E-state index in [-0.39, 0.29) is 5.41 Å². The Morgan fingerprint density at radius 1 is 1.27 bits per heavy atom. The van der Waals surface area contributed by atoms with Crippen LogP contribution in [0, 0.1) is 5.92 Å². The average molecular weight is 354 g/mol. The Balaban J connectivity index is 1.47. The van der Waals surface area contributed by atoms with Crippen molar-refractivity contribution in [2.24, 2.45) is 5.92 Å². The maximum atomic E-state index is 12.8. The van der Waals surface area contributed by atoms with E-state index in [1.165, 1.54) is 25.7 Å². The molecule has 1 aliphatic heterocycles. The zero-order valence-electron chi connectivity index (χ0n) is 15.4. The molecule has 4 rings (SSSR count). The van der Waals surface area contributed by atoms with Gasteiger partial charge in [-0.05, 0) is 43.7 Å². The first kappa shape index (κ1) is 17.2. The molecule has 0 bridgehead atoms. The number of nitrogens with zero attached hydrogens (tertiary/aromatic N) is 4. The highest BCUT2D eigenvalue weighted by atomic mass is 16.5. The molecule has 1 atom stereocenters. The highest BCUT2D eigenvalue weighted by Crippen LogP contribution is 2.34. The Kier molecular flexibility index (Phi) is 4.74. The van der Waals surface area contributed by atoms with E-state index in [2.05, 4.69) is 22.0 Å². The summed E-state index contributed by atoms with van der Waals surface area (Å²) in [6, 6.07) is 3.72. The van der Waals surface area contributed by atoms with Gasteiger partial charge in [-0.3, -0.25) is 9.78 Å². The third kappa shape index (κ3) is 3.50. The van der Waals surface area contributed by atoms with Crippen molar-refractivity contribution in [1.82, 2.24) is 20.0 Å². The molecule has 1 amide bonds. The zero-order valence-corrected chi connectivity index (χ0v) is 15.4. The highest BCUT2D eigenvalue weighted by Gasteiger charge is 2.39. The quantitative estimate of drug-likeness (QED) is 0.839. The molecule has 0 spiro atoms. The summed E-state index contributed by atoms with van der Waals surface area (Å²) in [5.74, 6) is 2.08. The van der Waals surface area contributed by atoms with Gasteiger partial charge in [-0.1, -0.05) is 24.9 Å². The molecule has 6 heteroatoms. The van der Waals surface area contributed by atoms with Gasteiger partial charge in [0.15, 0.2) is 5.82 Å². The van der Waals surface area contributed by atoms with Crippen molar-refractivity contribution in [3.05, 3.63) is 30.4 Å². The number of amides is 1. The fourth-order valence-electron chi connectivity index (χ4n) is 4.31. The smallest absolute Gasteiger partial charge is 0.258 e. The van der Waals surface area contributed by atoms with Crippen LogP contribution in [0.1, 0.15) is 57.7 Å². The number of carbonyl (C=O) groups is 1. The molecule has 1 aliphatic carbocycles. The van der Waals surface area contributed by atoms with E-state index >= 15 is 0 Å². The maximum absolute atomic E-state index is 12.8. The van der Waals surface area contributed by atoms with E-state index in [9.17, 15) is 4.79 Å². The zero-order chi connectivity index (χ0) is 18.0. The molecule has 2 aromatic heterocycles. The summed E-state index contributed by atoms with van der Waals surface area (Å²) in [5, 5.41) is 4.24. The van der Waals surface area contributed by atoms with Crippen LogP contribution in [0.2, 0.25) is 0 Å². The molecule has 1 unspecified atom stereocenters. The second-order valence-corrected chi connectivity index (χ2v) is 7.99. The Labute approximate surface area is 154 Å². The van der Waals surface area contributed by atoms with Gasteiger partial charge >= 0.3 is 0 Å². The third-order valence-corrected chi connectivity index (χ3v) is 5.88. The molecule has 138 valence electrons. The molecule has 6 nitrogen and oxygen atoms in total. The van der Waals surface area contributed by atoms with Crippen molar-refractivity contribution in [3.63, 3.8) is 0 Å². The Bertz CT molecular complexity index is 754. The molecule has 3 heterocycles. The van der Waals surface area contributed by atoms with Crippen LogP contribution in [-0.4, -0.2) is 39.0 Å². The fourth-order valence-corrected chi connectivity index (χ4v) is 4.31. The van der Waals surface area contributed by atoms with E-state index in [0.29, 0.717) is 36.5 Å². The summed E-state index contributed by atoms with van der Waals surface area (Å²) < 4.78 is 5.48.